The Morgan fingerprint density at radius 3 is 2.11 bits per heavy atom. The zero-order valence-electron chi connectivity index (χ0n) is 46.9. The Morgan fingerprint density at radius 2 is 1.44 bits per heavy atom. The van der Waals surface area contributed by atoms with E-state index in [-0.39, 0.29) is 67.3 Å². The van der Waals surface area contributed by atoms with Gasteiger partial charge in [0.25, 0.3) is 23.6 Å². The average molecular weight is 1140 g/mol. The molecular formula is C60H72ClN11O10. The third-order valence-electron chi connectivity index (χ3n) is 14.9. The van der Waals surface area contributed by atoms with Crippen LogP contribution in [0.25, 0.3) is 21.7 Å². The fourth-order valence-electron chi connectivity index (χ4n) is 10.4. The number of amides is 9. The Bertz CT molecular complexity index is 3240. The highest BCUT2D eigenvalue weighted by Crippen LogP contribution is 2.46. The molecule has 4 heterocycles. The van der Waals surface area contributed by atoms with Crippen LogP contribution in [0, 0.1) is 11.8 Å². The number of carbonyl (C=O) groups is 9. The minimum absolute atomic E-state index is 0.0494. The predicted octanol–water partition coefficient (Wildman–Crippen LogP) is 6.23. The highest BCUT2D eigenvalue weighted by atomic mass is 35.5. The largest absolute Gasteiger partial charge is 0.415 e. The number of nitrogens with zero attached hydrogens (tertiary/aromatic N) is 4. The van der Waals surface area contributed by atoms with E-state index in [9.17, 15) is 43.2 Å². The van der Waals surface area contributed by atoms with Gasteiger partial charge in [0.1, 0.15) is 29.6 Å². The fraction of sp³-hybridized carbons (Fsp3) is 0.417. The van der Waals surface area contributed by atoms with E-state index in [0.717, 1.165) is 34.3 Å². The Kier molecular flexibility index (Phi) is 19.8. The number of aromatic amines is 1. The van der Waals surface area contributed by atoms with E-state index in [1.54, 1.807) is 78.2 Å². The number of piperazine rings is 1. The van der Waals surface area contributed by atoms with E-state index in [4.69, 9.17) is 22.1 Å². The molecule has 3 aliphatic heterocycles. The number of H-pyrrole nitrogens is 1. The van der Waals surface area contributed by atoms with E-state index in [2.05, 4.69) is 36.5 Å². The molecule has 434 valence electrons. The number of hydrogen-bond acceptors (Lipinski definition) is 12. The lowest BCUT2D eigenvalue weighted by Crippen LogP contribution is -2.57. The highest BCUT2D eigenvalue weighted by molar-refractivity contribution is 6.19. The molecule has 0 radical (unpaired) electrons. The van der Waals surface area contributed by atoms with Crippen LogP contribution < -0.4 is 42.0 Å². The SMILES string of the molecule is CC(C)C[C@H](NC(=O)[C@@H](NC(=O)CCCN1C(=O)C=CC1=O)C(C)C)C(=O)N[C@@H](CCCCN)C(=O)Nc1ccc(C(=O)Nc2ccc3[nH]c(C(=O)N4C[C@@H](CCl)c5c4cc(OC(=O)N4CCN(C)CC4)c4ccccc54)cc3c2)cc1. The van der Waals surface area contributed by atoms with Gasteiger partial charge < -0.3 is 56.7 Å². The van der Waals surface area contributed by atoms with Gasteiger partial charge in [0, 0.05) is 109 Å². The van der Waals surface area contributed by atoms with Crippen molar-refractivity contribution in [3.05, 3.63) is 108 Å². The van der Waals surface area contributed by atoms with Crippen LogP contribution in [0.15, 0.2) is 91.0 Å². The van der Waals surface area contributed by atoms with E-state index in [0.29, 0.717) is 78.4 Å². The average Bonchev–Trinajstić information content (AvgIpc) is 3.98. The van der Waals surface area contributed by atoms with Crippen LogP contribution >= 0.6 is 11.6 Å². The topological polar surface area (TPSA) is 278 Å². The van der Waals surface area contributed by atoms with Gasteiger partial charge >= 0.3 is 6.09 Å². The molecule has 0 bridgehead atoms. The first kappa shape index (κ1) is 60.0. The number of likely N-dealkylation sites (N-methyl/N-ethyl adjacent to an activating group) is 1. The Hall–Kier alpha value is -8.14. The Labute approximate surface area is 481 Å². The number of hydrogen-bond donors (Lipinski definition) is 7. The minimum atomic E-state index is -1.06. The molecule has 8 rings (SSSR count). The molecule has 8 N–H and O–H groups in total. The molecule has 1 aromatic heterocycles. The lowest BCUT2D eigenvalue weighted by atomic mass is 9.95. The van der Waals surface area contributed by atoms with Crippen molar-refractivity contribution in [3.63, 3.8) is 0 Å². The summed E-state index contributed by atoms with van der Waals surface area (Å²) in [6.45, 7) is 10.6. The lowest BCUT2D eigenvalue weighted by Gasteiger charge is -2.31. The van der Waals surface area contributed by atoms with E-state index in [1.165, 1.54) is 12.2 Å². The van der Waals surface area contributed by atoms with Crippen molar-refractivity contribution in [1.82, 2.24) is 35.6 Å². The molecule has 0 saturated carbocycles. The molecular weight excluding hydrogens is 1070 g/mol. The summed E-state index contributed by atoms with van der Waals surface area (Å²) in [7, 11) is 2.01. The highest BCUT2D eigenvalue weighted by Gasteiger charge is 2.37. The molecule has 9 amide bonds. The summed E-state index contributed by atoms with van der Waals surface area (Å²) in [5.74, 6) is -3.79. The van der Waals surface area contributed by atoms with Crippen LogP contribution in [0.3, 0.4) is 0 Å². The standard InChI is InChI=1S/C60H72ClN11O10/c1-35(2)29-46(67-58(79)54(36(3)4)68-50(73)14-10-24-71-51(74)21-22-52(71)75)57(78)66-45(13-8-9-23-62)56(77)63-40-17-15-37(16-18-40)55(76)64-41-19-20-44-38(30-41)31-47(65-44)59(80)72-34-39(33-61)53-43-12-7-6-11-42(43)49(32-48(53)72)82-60(81)70-27-25-69(5)26-28-70/h6-7,11-12,15-22,30-32,35-36,39,45-46,54,65H,8-10,13-14,23-29,33-34,62H2,1-5H3,(H,63,77)(H,64,76)(H,66,78)(H,67,79)(H,68,73)/t39-,45+,46+,54+/m1/s1. The van der Waals surface area contributed by atoms with Gasteiger partial charge in [-0.25, -0.2) is 4.79 Å². The summed E-state index contributed by atoms with van der Waals surface area (Å²) in [6.07, 6.45) is 3.60. The first-order valence-corrected chi connectivity index (χ1v) is 28.4. The van der Waals surface area contributed by atoms with Crippen LogP contribution in [0.5, 0.6) is 5.75 Å². The maximum atomic E-state index is 14.5. The third kappa shape index (κ3) is 14.5. The second-order valence-electron chi connectivity index (χ2n) is 21.9. The first-order chi connectivity index (χ1) is 39.3. The van der Waals surface area contributed by atoms with Crippen LogP contribution in [-0.2, 0) is 28.8 Å². The maximum absolute atomic E-state index is 14.5. The van der Waals surface area contributed by atoms with Gasteiger partial charge in [-0.2, -0.15) is 0 Å². The molecule has 22 heteroatoms. The molecule has 82 heavy (non-hydrogen) atoms. The molecule has 5 aromatic rings. The predicted molar refractivity (Wildman–Crippen MR) is 314 cm³/mol. The van der Waals surface area contributed by atoms with Crippen molar-refractivity contribution in [3.8, 4) is 5.75 Å². The zero-order chi connectivity index (χ0) is 58.8. The van der Waals surface area contributed by atoms with Crippen molar-refractivity contribution in [1.29, 1.82) is 0 Å². The number of nitrogens with two attached hydrogens (primary N) is 1. The van der Waals surface area contributed by atoms with E-state index < -0.39 is 65.6 Å². The number of anilines is 3. The summed E-state index contributed by atoms with van der Waals surface area (Å²) in [4.78, 5) is 130. The van der Waals surface area contributed by atoms with Gasteiger partial charge in [0.2, 0.25) is 23.6 Å². The zero-order valence-corrected chi connectivity index (χ0v) is 47.6. The summed E-state index contributed by atoms with van der Waals surface area (Å²) >= 11 is 6.57. The van der Waals surface area contributed by atoms with Crippen molar-refractivity contribution >= 4 is 104 Å². The van der Waals surface area contributed by atoms with E-state index in [1.807, 2.05) is 45.2 Å². The van der Waals surface area contributed by atoms with Crippen molar-refractivity contribution in [2.75, 3.05) is 74.3 Å². The molecule has 1 saturated heterocycles. The Balaban J connectivity index is 0.889. The number of fused-ring (bicyclic) bond motifs is 4. The lowest BCUT2D eigenvalue weighted by molar-refractivity contribution is -0.137. The fourth-order valence-corrected chi connectivity index (χ4v) is 10.7. The summed E-state index contributed by atoms with van der Waals surface area (Å²) in [5, 5.41) is 16.4. The molecule has 0 unspecified atom stereocenters. The molecule has 4 aromatic carbocycles. The second-order valence-corrected chi connectivity index (χ2v) is 22.2. The van der Waals surface area contributed by atoms with Crippen LogP contribution in [0.1, 0.15) is 98.5 Å². The van der Waals surface area contributed by atoms with Gasteiger partial charge in [-0.05, 0) is 117 Å². The van der Waals surface area contributed by atoms with Gasteiger partial charge in [-0.15, -0.1) is 11.6 Å². The second kappa shape index (κ2) is 27.1. The number of nitrogens with one attached hydrogen (secondary N) is 6. The summed E-state index contributed by atoms with van der Waals surface area (Å²) in [5.41, 5.74) is 9.37. The van der Waals surface area contributed by atoms with Crippen LogP contribution in [0.4, 0.5) is 21.9 Å². The number of carbonyl (C=O) groups excluding carboxylic acids is 9. The normalized spacial score (nSPS) is 16.4. The minimum Gasteiger partial charge on any atom is -0.409 e. The monoisotopic (exact) mass is 1140 g/mol. The van der Waals surface area contributed by atoms with Crippen LogP contribution in [0.2, 0.25) is 0 Å². The molecule has 0 aliphatic carbocycles. The molecule has 4 atom stereocenters. The number of aromatic nitrogens is 1. The molecule has 21 nitrogen and oxygen atoms in total. The number of alkyl halides is 1. The number of imide groups is 1. The number of halogens is 1. The van der Waals surface area contributed by atoms with Crippen molar-refractivity contribution < 1.29 is 47.9 Å². The maximum Gasteiger partial charge on any atom is 0.415 e. The molecule has 3 aliphatic rings. The van der Waals surface area contributed by atoms with Gasteiger partial charge in [0.15, 0.2) is 0 Å². The van der Waals surface area contributed by atoms with Crippen LogP contribution in [-0.4, -0.2) is 150 Å². The number of rotatable bonds is 23. The number of benzene rings is 4. The van der Waals surface area contributed by atoms with Crippen molar-refractivity contribution in [2.45, 2.75) is 90.3 Å². The third-order valence-corrected chi connectivity index (χ3v) is 15.3. The number of ether oxygens (including phenoxy) is 1. The molecule has 1 fully saturated rings. The van der Waals surface area contributed by atoms with Gasteiger partial charge in [-0.1, -0.05) is 52.0 Å². The van der Waals surface area contributed by atoms with Gasteiger partial charge in [-0.3, -0.25) is 43.3 Å². The summed E-state index contributed by atoms with van der Waals surface area (Å²) in [6, 6.07) is 19.5. The van der Waals surface area contributed by atoms with E-state index >= 15 is 0 Å². The Morgan fingerprint density at radius 1 is 0.756 bits per heavy atom. The van der Waals surface area contributed by atoms with Gasteiger partial charge in [0.05, 0.1) is 5.69 Å². The summed E-state index contributed by atoms with van der Waals surface area (Å²) < 4.78 is 6.06. The number of unbranched alkanes of at least 4 members (excludes halogenated alkanes) is 1. The quantitative estimate of drug-likeness (QED) is 0.0218. The first-order valence-electron chi connectivity index (χ1n) is 27.9. The van der Waals surface area contributed by atoms with Crippen molar-refractivity contribution in [2.24, 2.45) is 17.6 Å². The smallest absolute Gasteiger partial charge is 0.409 e. The molecule has 0 spiro atoms.